The molecular weight excluding hydrogens is 446 g/mol. The van der Waals surface area contributed by atoms with Gasteiger partial charge < -0.3 is 20.5 Å². The van der Waals surface area contributed by atoms with Crippen LogP contribution in [-0.4, -0.2) is 49.2 Å². The van der Waals surface area contributed by atoms with E-state index in [0.29, 0.717) is 22.7 Å². The Morgan fingerprint density at radius 3 is 2.83 bits per heavy atom. The van der Waals surface area contributed by atoms with Crippen molar-refractivity contribution in [1.82, 2.24) is 29.6 Å². The number of anilines is 2. The summed E-state index contributed by atoms with van der Waals surface area (Å²) >= 11 is 0. The van der Waals surface area contributed by atoms with Crippen molar-refractivity contribution in [2.45, 2.75) is 37.5 Å². The van der Waals surface area contributed by atoms with Crippen molar-refractivity contribution in [2.75, 3.05) is 25.1 Å². The van der Waals surface area contributed by atoms with Gasteiger partial charge >= 0.3 is 0 Å². The third-order valence-electron chi connectivity index (χ3n) is 7.01. The number of rotatable bonds is 5. The van der Waals surface area contributed by atoms with Gasteiger partial charge in [-0.15, -0.1) is 0 Å². The number of hydrogen-bond acceptors (Lipinski definition) is 8. The van der Waals surface area contributed by atoms with Crippen molar-refractivity contribution >= 4 is 22.7 Å². The quantitative estimate of drug-likeness (QED) is 0.404. The molecule has 1 saturated carbocycles. The van der Waals surface area contributed by atoms with Crippen LogP contribution < -0.4 is 16.2 Å². The molecule has 0 radical (unpaired) electrons. The van der Waals surface area contributed by atoms with E-state index in [-0.39, 0.29) is 24.8 Å². The number of benzene rings is 1. The summed E-state index contributed by atoms with van der Waals surface area (Å²) in [5.41, 5.74) is 4.09. The number of pyridine rings is 1. The predicted octanol–water partition coefficient (Wildman–Crippen LogP) is 1.92. The normalized spacial score (nSPS) is 18.8. The number of hydrogen-bond donors (Lipinski definition) is 3. The molecule has 10 nitrogen and oxygen atoms in total. The lowest BCUT2D eigenvalue weighted by molar-refractivity contribution is -0.186. The van der Waals surface area contributed by atoms with Crippen molar-refractivity contribution < 1.29 is 9.84 Å². The van der Waals surface area contributed by atoms with E-state index in [9.17, 15) is 9.90 Å². The standard InChI is InChI=1S/C25H25N7O3/c33-23-20-12-28-24(29-17-2-1-16-11-26-7-5-15(16)9-17)30-22(20)31(32(23)18-3-4-18)19-6-8-27-21(10-19)25(34)13-35-14-25/h1-2,6,8-10,12,18,26,34H,3-5,7,11,13-14H2,(H,28,29,30). The van der Waals surface area contributed by atoms with E-state index < -0.39 is 5.60 Å². The van der Waals surface area contributed by atoms with Crippen LogP contribution in [0.3, 0.4) is 0 Å². The zero-order valence-corrected chi connectivity index (χ0v) is 19.1. The largest absolute Gasteiger partial charge is 0.379 e. The summed E-state index contributed by atoms with van der Waals surface area (Å²) in [6.07, 6.45) is 6.11. The van der Waals surface area contributed by atoms with Crippen LogP contribution in [0.5, 0.6) is 0 Å². The van der Waals surface area contributed by atoms with Gasteiger partial charge in [0.25, 0.3) is 5.56 Å². The highest BCUT2D eigenvalue weighted by Crippen LogP contribution is 2.36. The van der Waals surface area contributed by atoms with Crippen LogP contribution in [0.25, 0.3) is 16.7 Å². The van der Waals surface area contributed by atoms with Crippen LogP contribution in [0.1, 0.15) is 35.7 Å². The second kappa shape index (κ2) is 7.70. The van der Waals surface area contributed by atoms with Gasteiger partial charge in [0.2, 0.25) is 5.95 Å². The van der Waals surface area contributed by atoms with E-state index in [0.717, 1.165) is 43.7 Å². The Balaban J connectivity index is 1.33. The highest BCUT2D eigenvalue weighted by Gasteiger charge is 2.40. The van der Waals surface area contributed by atoms with Gasteiger partial charge in [0, 0.05) is 24.6 Å². The summed E-state index contributed by atoms with van der Waals surface area (Å²) in [7, 11) is 0. The van der Waals surface area contributed by atoms with Crippen LogP contribution in [0, 0.1) is 0 Å². The highest BCUT2D eigenvalue weighted by atomic mass is 16.5. The fourth-order valence-corrected chi connectivity index (χ4v) is 4.89. The molecule has 178 valence electrons. The van der Waals surface area contributed by atoms with Gasteiger partial charge in [0.15, 0.2) is 11.2 Å². The van der Waals surface area contributed by atoms with Gasteiger partial charge in [0.05, 0.1) is 30.6 Å². The monoisotopic (exact) mass is 471 g/mol. The number of nitrogens with one attached hydrogen (secondary N) is 2. The molecule has 2 fully saturated rings. The second-order valence-electron chi connectivity index (χ2n) is 9.58. The Bertz CT molecular complexity index is 1520. The van der Waals surface area contributed by atoms with E-state index in [1.165, 1.54) is 11.1 Å². The van der Waals surface area contributed by atoms with Crippen molar-refractivity contribution in [3.8, 4) is 5.69 Å². The minimum absolute atomic E-state index is 0.112. The van der Waals surface area contributed by atoms with E-state index in [1.807, 2.05) is 22.9 Å². The Labute approximate surface area is 200 Å². The molecular formula is C25H25N7O3. The van der Waals surface area contributed by atoms with Crippen LogP contribution in [-0.2, 0) is 23.3 Å². The molecule has 0 bridgehead atoms. The third-order valence-corrected chi connectivity index (χ3v) is 7.01. The first kappa shape index (κ1) is 20.7. The lowest BCUT2D eigenvalue weighted by Crippen LogP contribution is -2.47. The Morgan fingerprint density at radius 2 is 2.03 bits per heavy atom. The minimum Gasteiger partial charge on any atom is -0.379 e. The van der Waals surface area contributed by atoms with Crippen molar-refractivity contribution in [2.24, 2.45) is 0 Å². The van der Waals surface area contributed by atoms with Crippen molar-refractivity contribution in [3.63, 3.8) is 0 Å². The van der Waals surface area contributed by atoms with Gasteiger partial charge in [-0.2, -0.15) is 4.98 Å². The van der Waals surface area contributed by atoms with Crippen LogP contribution in [0.2, 0.25) is 0 Å². The molecule has 0 amide bonds. The Morgan fingerprint density at radius 1 is 1.14 bits per heavy atom. The molecule has 5 heterocycles. The average molecular weight is 472 g/mol. The van der Waals surface area contributed by atoms with Gasteiger partial charge in [-0.05, 0) is 61.2 Å². The SMILES string of the molecule is O=c1c2cnc(Nc3ccc4c(c3)CCNC4)nc2n(-c2ccnc(C3(O)COC3)c2)n1C1CC1. The number of aromatic nitrogens is 5. The van der Waals surface area contributed by atoms with E-state index in [1.54, 1.807) is 17.1 Å². The lowest BCUT2D eigenvalue weighted by atomic mass is 9.97. The average Bonchev–Trinajstić information content (AvgIpc) is 3.66. The van der Waals surface area contributed by atoms with Crippen LogP contribution >= 0.6 is 0 Å². The molecule has 0 spiro atoms. The predicted molar refractivity (Wildman–Crippen MR) is 129 cm³/mol. The van der Waals surface area contributed by atoms with Gasteiger partial charge in [-0.1, -0.05) is 6.07 Å². The molecule has 3 aliphatic rings. The Hall–Kier alpha value is -3.60. The molecule has 2 aliphatic heterocycles. The molecule has 1 aliphatic carbocycles. The first-order chi connectivity index (χ1) is 17.1. The fourth-order valence-electron chi connectivity index (χ4n) is 4.89. The first-order valence-corrected chi connectivity index (χ1v) is 12.0. The number of fused-ring (bicyclic) bond motifs is 2. The zero-order chi connectivity index (χ0) is 23.6. The summed E-state index contributed by atoms with van der Waals surface area (Å²) in [5.74, 6) is 0.424. The fraction of sp³-hybridized carbons (Fsp3) is 0.360. The molecule has 0 unspecified atom stereocenters. The van der Waals surface area contributed by atoms with Crippen LogP contribution in [0.4, 0.5) is 11.6 Å². The topological polar surface area (TPSA) is 119 Å². The second-order valence-corrected chi connectivity index (χ2v) is 9.58. The van der Waals surface area contributed by atoms with Crippen LogP contribution in [0.15, 0.2) is 47.5 Å². The summed E-state index contributed by atoms with van der Waals surface area (Å²) in [5, 5.41) is 17.9. The maximum absolute atomic E-state index is 13.3. The van der Waals surface area contributed by atoms with Gasteiger partial charge in [-0.25, -0.2) is 14.3 Å². The summed E-state index contributed by atoms with van der Waals surface area (Å²) in [6.45, 7) is 2.26. The smallest absolute Gasteiger partial charge is 0.278 e. The molecule has 3 N–H and O–H groups in total. The van der Waals surface area contributed by atoms with Crippen molar-refractivity contribution in [1.29, 1.82) is 0 Å². The number of aliphatic hydroxyl groups is 1. The van der Waals surface area contributed by atoms with Gasteiger partial charge in [-0.3, -0.25) is 9.78 Å². The van der Waals surface area contributed by atoms with E-state index in [2.05, 4.69) is 32.7 Å². The third kappa shape index (κ3) is 3.44. The maximum atomic E-state index is 13.3. The molecule has 0 atom stereocenters. The molecule has 35 heavy (non-hydrogen) atoms. The lowest BCUT2D eigenvalue weighted by Gasteiger charge is -2.35. The van der Waals surface area contributed by atoms with Crippen molar-refractivity contribution in [3.05, 3.63) is 69.9 Å². The summed E-state index contributed by atoms with van der Waals surface area (Å²) < 4.78 is 8.81. The molecule has 1 saturated heterocycles. The highest BCUT2D eigenvalue weighted by molar-refractivity contribution is 5.77. The molecule has 4 aromatic rings. The minimum atomic E-state index is -1.10. The number of nitrogens with zero attached hydrogens (tertiary/aromatic N) is 5. The maximum Gasteiger partial charge on any atom is 0.278 e. The number of ether oxygens (including phenoxy) is 1. The van der Waals surface area contributed by atoms with E-state index >= 15 is 0 Å². The summed E-state index contributed by atoms with van der Waals surface area (Å²) in [4.78, 5) is 26.9. The molecule has 10 heteroatoms. The Kier molecular flexibility index (Phi) is 4.57. The summed E-state index contributed by atoms with van der Waals surface area (Å²) in [6, 6.07) is 10.1. The molecule has 7 rings (SSSR count). The first-order valence-electron chi connectivity index (χ1n) is 12.0. The zero-order valence-electron chi connectivity index (χ0n) is 19.1. The molecule has 3 aromatic heterocycles. The molecule has 1 aromatic carbocycles. The van der Waals surface area contributed by atoms with Gasteiger partial charge in [0.1, 0.15) is 5.39 Å². The van der Waals surface area contributed by atoms with E-state index in [4.69, 9.17) is 9.72 Å².